The number of ether oxygens (including phenoxy) is 2. The molecule has 0 heterocycles. The Balaban J connectivity index is 2.46. The predicted molar refractivity (Wildman–Crippen MR) is 66.7 cm³/mol. The number of rotatable bonds is 5. The summed E-state index contributed by atoms with van der Waals surface area (Å²) in [6, 6.07) is 6.89. The average molecular weight is 251 g/mol. The highest BCUT2D eigenvalue weighted by molar-refractivity contribution is 5.80. The summed E-state index contributed by atoms with van der Waals surface area (Å²) >= 11 is 0. The summed E-state index contributed by atoms with van der Waals surface area (Å²) in [6.07, 6.45) is -0.782. The van der Waals surface area contributed by atoms with E-state index in [1.807, 2.05) is 0 Å². The van der Waals surface area contributed by atoms with Gasteiger partial charge in [-0.3, -0.25) is 4.79 Å². The zero-order chi connectivity index (χ0) is 13.5. The average Bonchev–Trinajstić information content (AvgIpc) is 2.32. The summed E-state index contributed by atoms with van der Waals surface area (Å²) in [7, 11) is 0. The second-order valence-corrected chi connectivity index (χ2v) is 3.80. The number of benzene rings is 1. The fraction of sp³-hybridized carbons (Fsp3) is 0.385. The number of esters is 2. The molecule has 0 fully saturated rings. The van der Waals surface area contributed by atoms with E-state index in [1.54, 1.807) is 31.2 Å². The molecule has 1 aromatic rings. The Morgan fingerprint density at radius 1 is 1.28 bits per heavy atom. The molecule has 1 rings (SSSR count). The number of carbonyl (C=O) groups is 2. The number of hydrogen-bond acceptors (Lipinski definition) is 5. The second kappa shape index (κ2) is 6.64. The highest BCUT2D eigenvalue weighted by atomic mass is 16.6. The van der Waals surface area contributed by atoms with Gasteiger partial charge in [-0.1, -0.05) is 12.1 Å². The van der Waals surface area contributed by atoms with Crippen molar-refractivity contribution in [2.24, 2.45) is 0 Å². The molecule has 0 aliphatic heterocycles. The highest BCUT2D eigenvalue weighted by Crippen LogP contribution is 2.07. The summed E-state index contributed by atoms with van der Waals surface area (Å²) in [5.74, 6) is -1.01. The zero-order valence-corrected chi connectivity index (χ0v) is 10.5. The van der Waals surface area contributed by atoms with Gasteiger partial charge in [0.2, 0.25) is 0 Å². The van der Waals surface area contributed by atoms with Crippen LogP contribution < -0.4 is 5.73 Å². The maximum atomic E-state index is 11.6. The quantitative estimate of drug-likeness (QED) is 0.630. The lowest BCUT2D eigenvalue weighted by Gasteiger charge is -2.11. The van der Waals surface area contributed by atoms with Crippen LogP contribution in [0.4, 0.5) is 5.69 Å². The number of nitrogen functional groups attached to an aromatic ring is 1. The largest absolute Gasteiger partial charge is 0.463 e. The molecule has 0 aromatic heterocycles. The van der Waals surface area contributed by atoms with Crippen LogP contribution in [-0.2, 0) is 25.5 Å². The molecule has 1 atom stereocenters. The Hall–Kier alpha value is -2.04. The van der Waals surface area contributed by atoms with E-state index >= 15 is 0 Å². The SMILES string of the molecule is CCOC(=O)C(C)OC(=O)Cc1ccc(N)cc1. The van der Waals surface area contributed by atoms with E-state index in [-0.39, 0.29) is 13.0 Å². The van der Waals surface area contributed by atoms with Gasteiger partial charge in [-0.2, -0.15) is 0 Å². The molecule has 1 unspecified atom stereocenters. The molecule has 0 spiro atoms. The van der Waals surface area contributed by atoms with Gasteiger partial charge in [-0.25, -0.2) is 4.79 Å². The van der Waals surface area contributed by atoms with Gasteiger partial charge in [0.05, 0.1) is 13.0 Å². The second-order valence-electron chi connectivity index (χ2n) is 3.80. The van der Waals surface area contributed by atoms with E-state index in [2.05, 4.69) is 0 Å². The molecular formula is C13H17NO4. The van der Waals surface area contributed by atoms with E-state index in [9.17, 15) is 9.59 Å². The van der Waals surface area contributed by atoms with Crippen molar-refractivity contribution in [3.63, 3.8) is 0 Å². The Morgan fingerprint density at radius 3 is 2.44 bits per heavy atom. The molecule has 0 saturated heterocycles. The number of carbonyl (C=O) groups excluding carboxylic acids is 2. The molecular weight excluding hydrogens is 234 g/mol. The summed E-state index contributed by atoms with van der Waals surface area (Å²) in [4.78, 5) is 22.8. The first-order valence-corrected chi connectivity index (χ1v) is 5.73. The first kappa shape index (κ1) is 14.0. The van der Waals surface area contributed by atoms with E-state index < -0.39 is 18.0 Å². The van der Waals surface area contributed by atoms with Crippen LogP contribution in [0.5, 0.6) is 0 Å². The fourth-order valence-corrected chi connectivity index (χ4v) is 1.35. The molecule has 0 amide bonds. The highest BCUT2D eigenvalue weighted by Gasteiger charge is 2.18. The van der Waals surface area contributed by atoms with E-state index in [1.165, 1.54) is 6.92 Å². The molecule has 98 valence electrons. The molecule has 5 heteroatoms. The van der Waals surface area contributed by atoms with Gasteiger partial charge in [0, 0.05) is 5.69 Å². The van der Waals surface area contributed by atoms with Crippen molar-refractivity contribution in [3.05, 3.63) is 29.8 Å². The van der Waals surface area contributed by atoms with Gasteiger partial charge in [0.15, 0.2) is 6.10 Å². The van der Waals surface area contributed by atoms with Gasteiger partial charge < -0.3 is 15.2 Å². The minimum Gasteiger partial charge on any atom is -0.463 e. The van der Waals surface area contributed by atoms with E-state index in [4.69, 9.17) is 15.2 Å². The van der Waals surface area contributed by atoms with Crippen molar-refractivity contribution >= 4 is 17.6 Å². The topological polar surface area (TPSA) is 78.6 Å². The minimum atomic E-state index is -0.883. The molecule has 0 bridgehead atoms. The molecule has 18 heavy (non-hydrogen) atoms. The lowest BCUT2D eigenvalue weighted by atomic mass is 10.1. The molecule has 0 radical (unpaired) electrons. The number of anilines is 1. The van der Waals surface area contributed by atoms with Crippen LogP contribution in [0.15, 0.2) is 24.3 Å². The Labute approximate surface area is 106 Å². The molecule has 0 aliphatic rings. The van der Waals surface area contributed by atoms with Gasteiger partial charge >= 0.3 is 11.9 Å². The first-order valence-electron chi connectivity index (χ1n) is 5.73. The van der Waals surface area contributed by atoms with Crippen molar-refractivity contribution in [3.8, 4) is 0 Å². The Kier molecular flexibility index (Phi) is 5.17. The van der Waals surface area contributed by atoms with Crippen LogP contribution in [0.2, 0.25) is 0 Å². The Bertz CT molecular complexity index is 414. The Morgan fingerprint density at radius 2 is 1.89 bits per heavy atom. The third kappa shape index (κ3) is 4.45. The van der Waals surface area contributed by atoms with Crippen LogP contribution in [0.1, 0.15) is 19.4 Å². The van der Waals surface area contributed by atoms with Crippen molar-refractivity contribution in [1.82, 2.24) is 0 Å². The maximum Gasteiger partial charge on any atom is 0.347 e. The molecule has 5 nitrogen and oxygen atoms in total. The number of hydrogen-bond donors (Lipinski definition) is 1. The molecule has 1 aromatic carbocycles. The summed E-state index contributed by atoms with van der Waals surface area (Å²) < 4.78 is 9.69. The number of nitrogens with two attached hydrogens (primary N) is 1. The van der Waals surface area contributed by atoms with Gasteiger partial charge in [0.1, 0.15) is 0 Å². The fourth-order valence-electron chi connectivity index (χ4n) is 1.35. The summed E-state index contributed by atoms with van der Waals surface area (Å²) in [6.45, 7) is 3.44. The van der Waals surface area contributed by atoms with Crippen LogP contribution in [-0.4, -0.2) is 24.6 Å². The maximum absolute atomic E-state index is 11.6. The lowest BCUT2D eigenvalue weighted by molar-refractivity contribution is -0.165. The smallest absolute Gasteiger partial charge is 0.347 e. The van der Waals surface area contributed by atoms with Crippen molar-refractivity contribution in [1.29, 1.82) is 0 Å². The minimum absolute atomic E-state index is 0.101. The molecule has 2 N–H and O–H groups in total. The van der Waals surface area contributed by atoms with Crippen molar-refractivity contribution in [2.75, 3.05) is 12.3 Å². The van der Waals surface area contributed by atoms with Crippen LogP contribution in [0.3, 0.4) is 0 Å². The first-order chi connectivity index (χ1) is 8.52. The van der Waals surface area contributed by atoms with E-state index in [0.717, 1.165) is 5.56 Å². The molecule has 0 saturated carbocycles. The van der Waals surface area contributed by atoms with E-state index in [0.29, 0.717) is 5.69 Å². The van der Waals surface area contributed by atoms with Crippen LogP contribution in [0, 0.1) is 0 Å². The predicted octanol–water partition coefficient (Wildman–Crippen LogP) is 1.31. The molecule has 0 aliphatic carbocycles. The third-order valence-corrected chi connectivity index (χ3v) is 2.25. The normalized spacial score (nSPS) is 11.7. The zero-order valence-electron chi connectivity index (χ0n) is 10.5. The van der Waals surface area contributed by atoms with Crippen molar-refractivity contribution < 1.29 is 19.1 Å². The van der Waals surface area contributed by atoms with Crippen molar-refractivity contribution in [2.45, 2.75) is 26.4 Å². The standard InChI is InChI=1S/C13H17NO4/c1-3-17-13(16)9(2)18-12(15)8-10-4-6-11(14)7-5-10/h4-7,9H,3,8,14H2,1-2H3. The summed E-state index contributed by atoms with van der Waals surface area (Å²) in [5.41, 5.74) is 6.95. The third-order valence-electron chi connectivity index (χ3n) is 2.25. The van der Waals surface area contributed by atoms with Gasteiger partial charge in [-0.05, 0) is 31.5 Å². The van der Waals surface area contributed by atoms with Crippen LogP contribution in [0.25, 0.3) is 0 Å². The van der Waals surface area contributed by atoms with Crippen LogP contribution >= 0.6 is 0 Å². The lowest BCUT2D eigenvalue weighted by Crippen LogP contribution is -2.27. The summed E-state index contributed by atoms with van der Waals surface area (Å²) in [5, 5.41) is 0. The van der Waals surface area contributed by atoms with Gasteiger partial charge in [0.25, 0.3) is 0 Å². The monoisotopic (exact) mass is 251 g/mol. The van der Waals surface area contributed by atoms with Gasteiger partial charge in [-0.15, -0.1) is 0 Å².